The lowest BCUT2D eigenvalue weighted by atomic mass is 10.1. The largest absolute Gasteiger partial charge is 0.467 e. The molecule has 1 N–H and O–H groups in total. The van der Waals surface area contributed by atoms with Crippen molar-refractivity contribution >= 4 is 28.6 Å². The van der Waals surface area contributed by atoms with Gasteiger partial charge in [-0.25, -0.2) is 4.39 Å². The van der Waals surface area contributed by atoms with Crippen LogP contribution in [0.25, 0.3) is 0 Å². The lowest BCUT2D eigenvalue weighted by Crippen LogP contribution is -2.11. The molecule has 3 rings (SSSR count). The molecule has 1 aromatic carbocycles. The van der Waals surface area contributed by atoms with E-state index in [0.717, 1.165) is 10.4 Å². The van der Waals surface area contributed by atoms with E-state index in [9.17, 15) is 4.39 Å². The average Bonchev–Trinajstić information content (AvgIpc) is 3.09. The molecule has 0 aliphatic rings. The molecule has 0 amide bonds. The van der Waals surface area contributed by atoms with Gasteiger partial charge in [0, 0.05) is 4.88 Å². The van der Waals surface area contributed by atoms with Gasteiger partial charge in [0.05, 0.1) is 16.3 Å². The summed E-state index contributed by atoms with van der Waals surface area (Å²) >= 11 is 7.45. The SMILES string of the molecule is Cc1ccc(NC(c2ccco2)c2ccc(Cl)s2)c(F)c1. The highest BCUT2D eigenvalue weighted by Gasteiger charge is 2.20. The smallest absolute Gasteiger partial charge is 0.146 e. The number of hydrogen-bond donors (Lipinski definition) is 1. The molecule has 2 nitrogen and oxygen atoms in total. The number of halogens is 2. The van der Waals surface area contributed by atoms with Gasteiger partial charge in [-0.3, -0.25) is 0 Å². The molecule has 0 bridgehead atoms. The summed E-state index contributed by atoms with van der Waals surface area (Å²) in [5.74, 6) is 0.433. The minimum atomic E-state index is -0.283. The number of furan rings is 1. The molecule has 0 fully saturated rings. The van der Waals surface area contributed by atoms with Gasteiger partial charge >= 0.3 is 0 Å². The molecule has 2 heterocycles. The number of thiophene rings is 1. The van der Waals surface area contributed by atoms with Crippen molar-refractivity contribution in [2.75, 3.05) is 5.32 Å². The van der Waals surface area contributed by atoms with E-state index >= 15 is 0 Å². The highest BCUT2D eigenvalue weighted by Crippen LogP contribution is 2.34. The number of nitrogens with one attached hydrogen (secondary N) is 1. The van der Waals surface area contributed by atoms with Crippen LogP contribution in [0, 0.1) is 12.7 Å². The Morgan fingerprint density at radius 2 is 2.10 bits per heavy atom. The quantitative estimate of drug-likeness (QED) is 0.672. The van der Waals surface area contributed by atoms with Crippen LogP contribution in [0.3, 0.4) is 0 Å². The second-order valence-corrected chi connectivity index (χ2v) is 6.46. The third kappa shape index (κ3) is 3.12. The standard InChI is InChI=1S/C16H13ClFNOS/c1-10-4-5-12(11(18)9-10)19-16(13-3-2-8-20-13)14-6-7-15(17)21-14/h2-9,16,19H,1H3. The number of rotatable bonds is 4. The zero-order valence-corrected chi connectivity index (χ0v) is 12.8. The van der Waals surface area contributed by atoms with E-state index in [1.165, 1.54) is 17.4 Å². The van der Waals surface area contributed by atoms with Crippen LogP contribution in [-0.4, -0.2) is 0 Å². The molecule has 1 unspecified atom stereocenters. The summed E-state index contributed by atoms with van der Waals surface area (Å²) in [4.78, 5) is 0.968. The molecule has 5 heteroatoms. The molecular formula is C16H13ClFNOS. The van der Waals surface area contributed by atoms with Crippen molar-refractivity contribution in [3.8, 4) is 0 Å². The zero-order chi connectivity index (χ0) is 14.8. The highest BCUT2D eigenvalue weighted by atomic mass is 35.5. The van der Waals surface area contributed by atoms with Crippen LogP contribution in [0.2, 0.25) is 4.34 Å². The summed E-state index contributed by atoms with van der Waals surface area (Å²) in [5, 5.41) is 3.19. The van der Waals surface area contributed by atoms with Crippen molar-refractivity contribution in [3.63, 3.8) is 0 Å². The predicted octanol–water partition coefficient (Wildman–Crippen LogP) is 5.64. The van der Waals surface area contributed by atoms with Gasteiger partial charge < -0.3 is 9.73 Å². The second-order valence-electron chi connectivity index (χ2n) is 4.72. The fraction of sp³-hybridized carbons (Fsp3) is 0.125. The van der Waals surface area contributed by atoms with Crippen molar-refractivity contribution in [2.24, 2.45) is 0 Å². The monoisotopic (exact) mass is 321 g/mol. The van der Waals surface area contributed by atoms with E-state index in [1.807, 2.05) is 37.3 Å². The molecule has 1 atom stereocenters. The first-order chi connectivity index (χ1) is 10.1. The first kappa shape index (κ1) is 14.2. The Balaban J connectivity index is 1.96. The van der Waals surface area contributed by atoms with Gasteiger partial charge in [-0.2, -0.15) is 0 Å². The van der Waals surface area contributed by atoms with Crippen molar-refractivity contribution in [3.05, 3.63) is 75.1 Å². The van der Waals surface area contributed by atoms with Crippen molar-refractivity contribution in [1.29, 1.82) is 0 Å². The first-order valence-electron chi connectivity index (χ1n) is 6.45. The molecule has 108 valence electrons. The van der Waals surface area contributed by atoms with E-state index in [0.29, 0.717) is 15.8 Å². The summed E-state index contributed by atoms with van der Waals surface area (Å²) in [6.07, 6.45) is 1.60. The zero-order valence-electron chi connectivity index (χ0n) is 11.3. The molecule has 0 radical (unpaired) electrons. The lowest BCUT2D eigenvalue weighted by molar-refractivity contribution is 0.499. The highest BCUT2D eigenvalue weighted by molar-refractivity contribution is 7.16. The van der Waals surface area contributed by atoms with Gasteiger partial charge in [-0.15, -0.1) is 11.3 Å². The molecule has 2 aromatic heterocycles. The maximum absolute atomic E-state index is 14.1. The molecule has 0 aliphatic carbocycles. The van der Waals surface area contributed by atoms with E-state index < -0.39 is 0 Å². The van der Waals surface area contributed by atoms with Crippen molar-refractivity contribution in [2.45, 2.75) is 13.0 Å². The Hall–Kier alpha value is -1.78. The van der Waals surface area contributed by atoms with E-state index in [1.54, 1.807) is 12.3 Å². The average molecular weight is 322 g/mol. The topological polar surface area (TPSA) is 25.2 Å². The molecular weight excluding hydrogens is 309 g/mol. The van der Waals surface area contributed by atoms with Gasteiger partial charge in [-0.1, -0.05) is 17.7 Å². The van der Waals surface area contributed by atoms with Gasteiger partial charge in [0.25, 0.3) is 0 Å². The summed E-state index contributed by atoms with van der Waals surface area (Å²) < 4.78 is 20.2. The fourth-order valence-corrected chi connectivity index (χ4v) is 3.23. The summed E-state index contributed by atoms with van der Waals surface area (Å²) in [6, 6.07) is 12.2. The minimum Gasteiger partial charge on any atom is -0.467 e. The third-order valence-corrected chi connectivity index (χ3v) is 4.43. The fourth-order valence-electron chi connectivity index (χ4n) is 2.11. The second kappa shape index (κ2) is 5.92. The number of hydrogen-bond acceptors (Lipinski definition) is 3. The maximum atomic E-state index is 14.1. The van der Waals surface area contributed by atoms with Gasteiger partial charge in [-0.05, 0) is 48.9 Å². The molecule has 0 aliphatic heterocycles. The summed E-state index contributed by atoms with van der Waals surface area (Å²) in [6.45, 7) is 1.86. The first-order valence-corrected chi connectivity index (χ1v) is 7.64. The van der Waals surface area contributed by atoms with Crippen LogP contribution in [0.4, 0.5) is 10.1 Å². The van der Waals surface area contributed by atoms with Gasteiger partial charge in [0.1, 0.15) is 17.6 Å². The Morgan fingerprint density at radius 1 is 1.24 bits per heavy atom. The molecule has 3 aromatic rings. The van der Waals surface area contributed by atoms with Crippen LogP contribution in [0.15, 0.2) is 53.1 Å². The van der Waals surface area contributed by atoms with Crippen LogP contribution < -0.4 is 5.32 Å². The van der Waals surface area contributed by atoms with E-state index in [2.05, 4.69) is 5.32 Å². The van der Waals surface area contributed by atoms with E-state index in [-0.39, 0.29) is 11.9 Å². The van der Waals surface area contributed by atoms with Crippen LogP contribution >= 0.6 is 22.9 Å². The molecule has 0 saturated carbocycles. The number of benzene rings is 1. The van der Waals surface area contributed by atoms with Crippen molar-refractivity contribution < 1.29 is 8.81 Å². The Morgan fingerprint density at radius 3 is 2.71 bits per heavy atom. The van der Waals surface area contributed by atoms with E-state index in [4.69, 9.17) is 16.0 Å². The predicted molar refractivity (Wildman–Crippen MR) is 84.6 cm³/mol. The number of anilines is 1. The van der Waals surface area contributed by atoms with Gasteiger partial charge in [0.15, 0.2) is 0 Å². The molecule has 0 saturated heterocycles. The Labute approximate surface area is 131 Å². The third-order valence-electron chi connectivity index (χ3n) is 3.13. The van der Waals surface area contributed by atoms with Crippen molar-refractivity contribution in [1.82, 2.24) is 0 Å². The minimum absolute atomic E-state index is 0.269. The summed E-state index contributed by atoms with van der Waals surface area (Å²) in [7, 11) is 0. The Bertz CT molecular complexity index is 739. The normalized spacial score (nSPS) is 12.3. The maximum Gasteiger partial charge on any atom is 0.146 e. The molecule has 0 spiro atoms. The van der Waals surface area contributed by atoms with Crippen LogP contribution in [0.5, 0.6) is 0 Å². The molecule has 21 heavy (non-hydrogen) atoms. The summed E-state index contributed by atoms with van der Waals surface area (Å²) in [5.41, 5.74) is 1.32. The van der Waals surface area contributed by atoms with Crippen LogP contribution in [0.1, 0.15) is 22.2 Å². The van der Waals surface area contributed by atoms with Crippen LogP contribution in [-0.2, 0) is 0 Å². The number of aryl methyl sites for hydroxylation is 1. The Kier molecular flexibility index (Phi) is 3.99. The van der Waals surface area contributed by atoms with Gasteiger partial charge in [0.2, 0.25) is 0 Å². The lowest BCUT2D eigenvalue weighted by Gasteiger charge is -2.17.